The van der Waals surface area contributed by atoms with Crippen LogP contribution in [0.4, 0.5) is 13.6 Å². The molecule has 1 aliphatic rings. The van der Waals surface area contributed by atoms with E-state index in [2.05, 4.69) is 9.72 Å². The van der Waals surface area contributed by atoms with Crippen LogP contribution in [-0.4, -0.2) is 29.4 Å². The summed E-state index contributed by atoms with van der Waals surface area (Å²) in [6.45, 7) is 2.78. The Balaban J connectivity index is 1.95. The van der Waals surface area contributed by atoms with E-state index in [1.54, 1.807) is 0 Å². The van der Waals surface area contributed by atoms with Crippen LogP contribution in [0.25, 0.3) is 11.5 Å². The minimum Gasteiger partial charge on any atom is -0.489 e. The second-order valence-electron chi connectivity index (χ2n) is 8.97. The molecule has 10 heteroatoms. The summed E-state index contributed by atoms with van der Waals surface area (Å²) < 4.78 is 46.9. The lowest BCUT2D eigenvalue weighted by atomic mass is 9.88. The van der Waals surface area contributed by atoms with Gasteiger partial charge in [0.15, 0.2) is 23.4 Å². The van der Waals surface area contributed by atoms with Crippen LogP contribution in [0.1, 0.15) is 57.6 Å². The number of halogens is 2. The highest BCUT2D eigenvalue weighted by atomic mass is 19.3. The van der Waals surface area contributed by atoms with Crippen molar-refractivity contribution in [1.82, 2.24) is 4.98 Å². The van der Waals surface area contributed by atoms with Crippen molar-refractivity contribution in [2.24, 2.45) is 17.1 Å². The number of carbonyl (C=O) groups is 1. The number of hydrogen-bond donors (Lipinski definition) is 2. The first-order chi connectivity index (χ1) is 15.1. The average Bonchev–Trinajstić information content (AvgIpc) is 3.41. The fourth-order valence-corrected chi connectivity index (χ4v) is 3.18. The van der Waals surface area contributed by atoms with E-state index in [4.69, 9.17) is 19.6 Å². The number of hydrogen-bond acceptors (Lipinski definition) is 7. The van der Waals surface area contributed by atoms with E-state index >= 15 is 0 Å². The molecule has 0 bridgehead atoms. The normalized spacial score (nSPS) is 15.0. The molecule has 3 rings (SSSR count). The molecule has 0 radical (unpaired) electrons. The summed E-state index contributed by atoms with van der Waals surface area (Å²) in [5.41, 5.74) is 5.58. The van der Waals surface area contributed by atoms with Crippen LogP contribution in [0.5, 0.6) is 11.5 Å². The number of rotatable bonds is 10. The molecule has 1 saturated carbocycles. The van der Waals surface area contributed by atoms with Crippen LogP contribution in [0.15, 0.2) is 22.6 Å². The third-order valence-electron chi connectivity index (χ3n) is 4.80. The quantitative estimate of drug-likeness (QED) is 0.530. The molecule has 32 heavy (non-hydrogen) atoms. The number of carbonyl (C=O) groups excluding carboxylic acids is 1. The van der Waals surface area contributed by atoms with E-state index in [9.17, 15) is 18.7 Å². The highest BCUT2D eigenvalue weighted by Crippen LogP contribution is 2.39. The van der Waals surface area contributed by atoms with Crippen molar-refractivity contribution in [2.45, 2.75) is 59.4 Å². The van der Waals surface area contributed by atoms with Crippen molar-refractivity contribution in [3.8, 4) is 23.0 Å². The van der Waals surface area contributed by atoms with Crippen LogP contribution in [0.2, 0.25) is 0 Å². The van der Waals surface area contributed by atoms with Crippen molar-refractivity contribution < 1.29 is 37.3 Å². The number of oxazole rings is 1. The summed E-state index contributed by atoms with van der Waals surface area (Å²) in [6, 6.07) is 4.33. The van der Waals surface area contributed by atoms with Gasteiger partial charge in [0.05, 0.1) is 13.2 Å². The number of primary amides is 1. The Morgan fingerprint density at radius 2 is 2.03 bits per heavy atom. The molecular formula is C22H28F2N2O6. The standard InChI is InChI=1S/C22H28F2N2O6/c1-22(2,3)9-17(31-21(25)28)18-14(10-27)26-19(32-18)13-6-7-15(30-20(23)24)16(8-13)29-11-12-4-5-12/h6-8,12,17,20,27H,4-5,9-11H2,1-3H3,(H2,25,28)/t17-/m0/s1. The van der Waals surface area contributed by atoms with Gasteiger partial charge in [0, 0.05) is 5.56 Å². The molecule has 1 aromatic carbocycles. The van der Waals surface area contributed by atoms with Crippen LogP contribution >= 0.6 is 0 Å². The molecule has 0 unspecified atom stereocenters. The van der Waals surface area contributed by atoms with Gasteiger partial charge in [0.25, 0.3) is 0 Å². The summed E-state index contributed by atoms with van der Waals surface area (Å²) in [6.07, 6.45) is 0.591. The van der Waals surface area contributed by atoms with Gasteiger partial charge in [-0.1, -0.05) is 20.8 Å². The summed E-state index contributed by atoms with van der Waals surface area (Å²) in [5, 5.41) is 9.79. The SMILES string of the molecule is CC(C)(C)C[C@H](OC(N)=O)c1oc(-c2ccc(OC(F)F)c(OCC3CC3)c2)nc1CO. The van der Waals surface area contributed by atoms with Gasteiger partial charge in [-0.15, -0.1) is 0 Å². The van der Waals surface area contributed by atoms with Crippen LogP contribution in [0, 0.1) is 11.3 Å². The summed E-state index contributed by atoms with van der Waals surface area (Å²) in [5.74, 6) is 0.720. The van der Waals surface area contributed by atoms with Gasteiger partial charge in [-0.3, -0.25) is 0 Å². The van der Waals surface area contributed by atoms with E-state index in [1.165, 1.54) is 18.2 Å². The molecule has 0 saturated heterocycles. The zero-order valence-electron chi connectivity index (χ0n) is 18.3. The molecule has 1 aliphatic carbocycles. The predicted octanol–water partition coefficient (Wildman–Crippen LogP) is 4.80. The molecule has 0 spiro atoms. The minimum absolute atomic E-state index is 0.0961. The molecule has 1 fully saturated rings. The fourth-order valence-electron chi connectivity index (χ4n) is 3.18. The number of aliphatic hydroxyl groups excluding tert-OH is 1. The molecule has 1 atom stereocenters. The molecule has 1 amide bonds. The van der Waals surface area contributed by atoms with Gasteiger partial charge >= 0.3 is 12.7 Å². The highest BCUT2D eigenvalue weighted by Gasteiger charge is 2.30. The Bertz CT molecular complexity index is 937. The Morgan fingerprint density at radius 3 is 2.59 bits per heavy atom. The van der Waals surface area contributed by atoms with E-state index in [0.29, 0.717) is 24.5 Å². The molecule has 176 valence electrons. The fraction of sp³-hybridized carbons (Fsp3) is 0.545. The number of aromatic nitrogens is 1. The van der Waals surface area contributed by atoms with E-state index in [0.717, 1.165) is 12.8 Å². The van der Waals surface area contributed by atoms with Crippen molar-refractivity contribution in [2.75, 3.05) is 6.61 Å². The van der Waals surface area contributed by atoms with Crippen molar-refractivity contribution in [1.29, 1.82) is 0 Å². The molecule has 0 aliphatic heterocycles. The monoisotopic (exact) mass is 454 g/mol. The Hall–Kier alpha value is -2.88. The smallest absolute Gasteiger partial charge is 0.405 e. The number of amides is 1. The predicted molar refractivity (Wildman–Crippen MR) is 110 cm³/mol. The topological polar surface area (TPSA) is 117 Å². The third-order valence-corrected chi connectivity index (χ3v) is 4.80. The van der Waals surface area contributed by atoms with Gasteiger partial charge in [0.1, 0.15) is 5.69 Å². The first-order valence-corrected chi connectivity index (χ1v) is 10.3. The number of aliphatic hydroxyl groups is 1. The zero-order valence-corrected chi connectivity index (χ0v) is 18.3. The van der Waals surface area contributed by atoms with Gasteiger partial charge in [-0.2, -0.15) is 8.78 Å². The van der Waals surface area contributed by atoms with Crippen LogP contribution in [-0.2, 0) is 11.3 Å². The maximum Gasteiger partial charge on any atom is 0.405 e. The van der Waals surface area contributed by atoms with Crippen molar-refractivity contribution in [3.63, 3.8) is 0 Å². The number of benzene rings is 1. The molecular weight excluding hydrogens is 426 g/mol. The summed E-state index contributed by atoms with van der Waals surface area (Å²) >= 11 is 0. The number of ether oxygens (including phenoxy) is 3. The van der Waals surface area contributed by atoms with Crippen LogP contribution in [0.3, 0.4) is 0 Å². The molecule has 3 N–H and O–H groups in total. The molecule has 1 aromatic heterocycles. The first kappa shape index (κ1) is 23.8. The lowest BCUT2D eigenvalue weighted by Crippen LogP contribution is -2.22. The van der Waals surface area contributed by atoms with Crippen molar-refractivity contribution >= 4 is 6.09 Å². The minimum atomic E-state index is -3.00. The van der Waals surface area contributed by atoms with Gasteiger partial charge in [0.2, 0.25) is 5.89 Å². The lowest BCUT2D eigenvalue weighted by Gasteiger charge is -2.24. The average molecular weight is 454 g/mol. The Morgan fingerprint density at radius 1 is 1.31 bits per heavy atom. The van der Waals surface area contributed by atoms with Gasteiger partial charge in [-0.25, -0.2) is 9.78 Å². The summed E-state index contributed by atoms with van der Waals surface area (Å²) in [7, 11) is 0. The van der Waals surface area contributed by atoms with E-state index in [-0.39, 0.29) is 34.3 Å². The highest BCUT2D eigenvalue weighted by molar-refractivity contribution is 5.65. The van der Waals surface area contributed by atoms with Gasteiger partial charge < -0.3 is 29.5 Å². The maximum absolute atomic E-state index is 12.8. The second kappa shape index (κ2) is 9.72. The summed E-state index contributed by atoms with van der Waals surface area (Å²) in [4.78, 5) is 15.7. The maximum atomic E-state index is 12.8. The van der Waals surface area contributed by atoms with Crippen LogP contribution < -0.4 is 15.2 Å². The second-order valence-corrected chi connectivity index (χ2v) is 8.97. The zero-order chi connectivity index (χ0) is 23.5. The molecule has 8 nitrogen and oxygen atoms in total. The Kier molecular flexibility index (Phi) is 7.22. The van der Waals surface area contributed by atoms with Gasteiger partial charge in [-0.05, 0) is 48.8 Å². The third kappa shape index (κ3) is 6.56. The Labute approximate surface area is 184 Å². The first-order valence-electron chi connectivity index (χ1n) is 10.3. The lowest BCUT2D eigenvalue weighted by molar-refractivity contribution is -0.0515. The van der Waals surface area contributed by atoms with E-state index in [1.807, 2.05) is 20.8 Å². The molecule has 2 aromatic rings. The van der Waals surface area contributed by atoms with Crippen molar-refractivity contribution in [3.05, 3.63) is 29.7 Å². The van der Waals surface area contributed by atoms with E-state index < -0.39 is 25.4 Å². The number of alkyl halides is 2. The number of nitrogens with zero attached hydrogens (tertiary/aromatic N) is 1. The number of nitrogens with two attached hydrogens (primary N) is 1. The largest absolute Gasteiger partial charge is 0.489 e. The molecule has 1 heterocycles.